The lowest BCUT2D eigenvalue weighted by molar-refractivity contribution is -0.131. The number of likely N-dealkylation sites (tertiary alicyclic amines) is 1. The Morgan fingerprint density at radius 2 is 1.82 bits per heavy atom. The second-order valence-electron chi connectivity index (χ2n) is 7.97. The molecule has 2 aromatic rings. The highest BCUT2D eigenvalue weighted by Crippen LogP contribution is 2.21. The van der Waals surface area contributed by atoms with E-state index in [-0.39, 0.29) is 11.5 Å². The fraction of sp³-hybridized carbons (Fsp3) is 0.500. The maximum absolute atomic E-state index is 12.6. The normalized spacial score (nSPS) is 17.4. The van der Waals surface area contributed by atoms with E-state index in [1.165, 1.54) is 0 Å². The van der Waals surface area contributed by atoms with Crippen molar-refractivity contribution in [2.45, 2.75) is 51.5 Å². The first-order chi connectivity index (χ1) is 13.6. The lowest BCUT2D eigenvalue weighted by Gasteiger charge is -2.32. The van der Waals surface area contributed by atoms with Crippen LogP contribution < -0.4 is 5.56 Å². The molecule has 1 amide bonds. The number of aryl methyl sites for hydroxylation is 2. The molecule has 2 aliphatic rings. The molecule has 1 aromatic carbocycles. The first-order valence-corrected chi connectivity index (χ1v) is 10.6. The number of nitrogens with zero attached hydrogens (tertiary/aromatic N) is 3. The Hall–Kier alpha value is -2.14. The van der Waals surface area contributed by atoms with Crippen molar-refractivity contribution in [3.8, 4) is 0 Å². The first-order valence-electron chi connectivity index (χ1n) is 10.2. The van der Waals surface area contributed by atoms with Crippen molar-refractivity contribution < 1.29 is 4.79 Å². The fourth-order valence-electron chi connectivity index (χ4n) is 4.23. The number of fused-ring (bicyclic) bond motifs is 1. The summed E-state index contributed by atoms with van der Waals surface area (Å²) >= 11 is 5.90. The van der Waals surface area contributed by atoms with Gasteiger partial charge in [0.1, 0.15) is 0 Å². The number of aromatic nitrogens is 2. The number of piperidine rings is 1. The zero-order chi connectivity index (χ0) is 19.5. The largest absolute Gasteiger partial charge is 0.342 e. The lowest BCUT2D eigenvalue weighted by Crippen LogP contribution is -2.41. The Kier molecular flexibility index (Phi) is 5.81. The van der Waals surface area contributed by atoms with Gasteiger partial charge in [-0.15, -0.1) is 0 Å². The van der Waals surface area contributed by atoms with E-state index in [4.69, 9.17) is 11.6 Å². The minimum atomic E-state index is 0.0156. The van der Waals surface area contributed by atoms with Gasteiger partial charge in [0, 0.05) is 30.7 Å². The molecular weight excluding hydrogens is 374 g/mol. The monoisotopic (exact) mass is 399 g/mol. The average Bonchev–Trinajstić information content (AvgIpc) is 2.71. The summed E-state index contributed by atoms with van der Waals surface area (Å²) in [4.78, 5) is 26.9. The Balaban J connectivity index is 1.32. The molecule has 5 nitrogen and oxygen atoms in total. The molecule has 4 rings (SSSR count). The molecule has 0 N–H and O–H groups in total. The van der Waals surface area contributed by atoms with Crippen LogP contribution in [0.1, 0.15) is 42.5 Å². The van der Waals surface area contributed by atoms with E-state index in [0.29, 0.717) is 23.9 Å². The van der Waals surface area contributed by atoms with Crippen LogP contribution in [-0.2, 0) is 30.6 Å². The predicted molar refractivity (Wildman–Crippen MR) is 110 cm³/mol. The summed E-state index contributed by atoms with van der Waals surface area (Å²) in [5, 5.41) is 5.32. The molecule has 1 fully saturated rings. The average molecular weight is 400 g/mol. The number of carbonyl (C=O) groups is 1. The van der Waals surface area contributed by atoms with Crippen LogP contribution in [0.4, 0.5) is 0 Å². The van der Waals surface area contributed by atoms with E-state index in [2.05, 4.69) is 5.10 Å². The number of rotatable bonds is 4. The van der Waals surface area contributed by atoms with Crippen LogP contribution in [0.5, 0.6) is 0 Å². The second kappa shape index (κ2) is 8.48. The van der Waals surface area contributed by atoms with Gasteiger partial charge >= 0.3 is 0 Å². The van der Waals surface area contributed by atoms with Gasteiger partial charge in [0.05, 0.1) is 12.1 Å². The third-order valence-corrected chi connectivity index (χ3v) is 6.19. The number of halogens is 1. The zero-order valence-electron chi connectivity index (χ0n) is 16.1. The van der Waals surface area contributed by atoms with Gasteiger partial charge in [-0.25, -0.2) is 4.68 Å². The molecule has 0 saturated carbocycles. The molecule has 0 atom stereocenters. The topological polar surface area (TPSA) is 55.2 Å². The predicted octanol–water partition coefficient (Wildman–Crippen LogP) is 3.26. The van der Waals surface area contributed by atoms with E-state index in [1.54, 1.807) is 10.7 Å². The third-order valence-electron chi connectivity index (χ3n) is 5.94. The molecule has 6 heteroatoms. The molecule has 148 valence electrons. The van der Waals surface area contributed by atoms with Crippen molar-refractivity contribution >= 4 is 17.5 Å². The summed E-state index contributed by atoms with van der Waals surface area (Å²) in [6.07, 6.45) is 6.51. The Morgan fingerprint density at radius 1 is 1.11 bits per heavy atom. The molecule has 2 heterocycles. The van der Waals surface area contributed by atoms with Crippen LogP contribution >= 0.6 is 11.6 Å². The molecule has 1 aliphatic carbocycles. The number of carbonyl (C=O) groups excluding carboxylic acids is 1. The molecule has 1 aliphatic heterocycles. The lowest BCUT2D eigenvalue weighted by atomic mass is 9.95. The van der Waals surface area contributed by atoms with Gasteiger partial charge in [-0.3, -0.25) is 9.59 Å². The summed E-state index contributed by atoms with van der Waals surface area (Å²) in [6, 6.07) is 9.23. The van der Waals surface area contributed by atoms with Crippen molar-refractivity contribution in [3.05, 3.63) is 62.5 Å². The van der Waals surface area contributed by atoms with Crippen molar-refractivity contribution in [2.24, 2.45) is 5.92 Å². The van der Waals surface area contributed by atoms with Crippen LogP contribution in [0.25, 0.3) is 0 Å². The van der Waals surface area contributed by atoms with Crippen molar-refractivity contribution in [2.75, 3.05) is 13.1 Å². The first kappa shape index (κ1) is 19.2. The molecule has 1 saturated heterocycles. The Labute approximate surface area is 170 Å². The zero-order valence-corrected chi connectivity index (χ0v) is 16.8. The minimum Gasteiger partial charge on any atom is -0.342 e. The van der Waals surface area contributed by atoms with E-state index in [9.17, 15) is 9.59 Å². The maximum atomic E-state index is 12.6. The molecule has 0 unspecified atom stereocenters. The van der Waals surface area contributed by atoms with Gasteiger partial charge in [0.2, 0.25) is 5.91 Å². The number of hydrogen-bond donors (Lipinski definition) is 0. The molecule has 1 aromatic heterocycles. The van der Waals surface area contributed by atoms with Crippen LogP contribution in [0.15, 0.2) is 35.1 Å². The summed E-state index contributed by atoms with van der Waals surface area (Å²) in [6.45, 7) is 2.15. The molecule has 28 heavy (non-hydrogen) atoms. The maximum Gasteiger partial charge on any atom is 0.267 e. The van der Waals surface area contributed by atoms with Gasteiger partial charge in [0.15, 0.2) is 0 Å². The van der Waals surface area contributed by atoms with Gasteiger partial charge in [-0.05, 0) is 67.7 Å². The van der Waals surface area contributed by atoms with E-state index >= 15 is 0 Å². The summed E-state index contributed by atoms with van der Waals surface area (Å²) in [7, 11) is 0. The Morgan fingerprint density at radius 3 is 2.57 bits per heavy atom. The van der Waals surface area contributed by atoms with Gasteiger partial charge in [-0.1, -0.05) is 23.7 Å². The number of amides is 1. The van der Waals surface area contributed by atoms with Crippen molar-refractivity contribution in [3.63, 3.8) is 0 Å². The van der Waals surface area contributed by atoms with Crippen molar-refractivity contribution in [1.82, 2.24) is 14.7 Å². The summed E-state index contributed by atoms with van der Waals surface area (Å²) in [5.41, 5.74) is 3.24. The smallest absolute Gasteiger partial charge is 0.267 e. The number of benzene rings is 1. The standard InChI is InChI=1S/C22H26ClN3O2/c23-19-7-5-16(6-8-19)13-21(27)25-11-9-17(10-12-25)15-26-22(28)14-18-3-1-2-4-20(18)24-26/h5-8,14,17H,1-4,9-13,15H2. The highest BCUT2D eigenvalue weighted by molar-refractivity contribution is 6.30. The molecular formula is C22H26ClN3O2. The molecule has 0 radical (unpaired) electrons. The quantitative estimate of drug-likeness (QED) is 0.792. The van der Waals surface area contributed by atoms with Gasteiger partial charge < -0.3 is 4.90 Å². The number of hydrogen-bond acceptors (Lipinski definition) is 3. The fourth-order valence-corrected chi connectivity index (χ4v) is 4.36. The van der Waals surface area contributed by atoms with E-state index in [0.717, 1.165) is 68.4 Å². The SMILES string of the molecule is O=C(Cc1ccc(Cl)cc1)N1CCC(Cn2nc3c(cc2=O)CCCC3)CC1. The third kappa shape index (κ3) is 4.46. The molecule has 0 spiro atoms. The van der Waals surface area contributed by atoms with Crippen LogP contribution in [0.3, 0.4) is 0 Å². The van der Waals surface area contributed by atoms with Crippen LogP contribution in [-0.4, -0.2) is 33.7 Å². The van der Waals surface area contributed by atoms with E-state index in [1.807, 2.05) is 29.2 Å². The van der Waals surface area contributed by atoms with Crippen molar-refractivity contribution in [1.29, 1.82) is 0 Å². The van der Waals surface area contributed by atoms with Gasteiger partial charge in [-0.2, -0.15) is 5.10 Å². The minimum absolute atomic E-state index is 0.0156. The van der Waals surface area contributed by atoms with Crippen LogP contribution in [0, 0.1) is 5.92 Å². The van der Waals surface area contributed by atoms with Crippen LogP contribution in [0.2, 0.25) is 5.02 Å². The summed E-state index contributed by atoms with van der Waals surface area (Å²) < 4.78 is 1.65. The van der Waals surface area contributed by atoms with Gasteiger partial charge in [0.25, 0.3) is 5.56 Å². The van der Waals surface area contributed by atoms with E-state index < -0.39 is 0 Å². The highest BCUT2D eigenvalue weighted by atomic mass is 35.5. The highest BCUT2D eigenvalue weighted by Gasteiger charge is 2.24. The Bertz CT molecular complexity index is 899. The summed E-state index contributed by atoms with van der Waals surface area (Å²) in [5.74, 6) is 0.552. The molecule has 0 bridgehead atoms. The second-order valence-corrected chi connectivity index (χ2v) is 8.41.